The van der Waals surface area contributed by atoms with Crippen molar-refractivity contribution in [3.8, 4) is 17.2 Å². The first-order valence-corrected chi connectivity index (χ1v) is 7.60. The summed E-state index contributed by atoms with van der Waals surface area (Å²) >= 11 is 5.32. The number of benzene rings is 2. The quantitative estimate of drug-likeness (QED) is 0.782. The van der Waals surface area contributed by atoms with Gasteiger partial charge in [-0.3, -0.25) is 0 Å². The summed E-state index contributed by atoms with van der Waals surface area (Å²) in [7, 11) is 3.20. The van der Waals surface area contributed by atoms with Crippen LogP contribution in [-0.2, 0) is 0 Å². The highest BCUT2D eigenvalue weighted by Gasteiger charge is 2.06. The van der Waals surface area contributed by atoms with Gasteiger partial charge in [0.1, 0.15) is 5.75 Å². The smallest absolute Gasteiger partial charge is 0.175 e. The first-order chi connectivity index (χ1) is 11.2. The maximum Gasteiger partial charge on any atom is 0.175 e. The number of thiocarbonyl (C=S) groups is 1. The van der Waals surface area contributed by atoms with E-state index in [9.17, 15) is 0 Å². The van der Waals surface area contributed by atoms with Crippen LogP contribution in [0.4, 0.5) is 11.4 Å². The SMILES string of the molecule is CCOc1ccc(NC(=S)Nc2ccc(OC)c(OC)c2)cc1. The van der Waals surface area contributed by atoms with Crippen LogP contribution in [0.1, 0.15) is 6.92 Å². The van der Waals surface area contributed by atoms with Gasteiger partial charge in [-0.25, -0.2) is 0 Å². The molecule has 0 fully saturated rings. The van der Waals surface area contributed by atoms with Crippen LogP contribution in [0.2, 0.25) is 0 Å². The predicted octanol–water partition coefficient (Wildman–Crippen LogP) is 3.91. The summed E-state index contributed by atoms with van der Waals surface area (Å²) in [5.41, 5.74) is 1.69. The second-order valence-corrected chi connectivity index (χ2v) is 5.01. The summed E-state index contributed by atoms with van der Waals surface area (Å²) in [6.45, 7) is 2.60. The molecule has 0 aliphatic heterocycles. The average molecular weight is 332 g/mol. The van der Waals surface area contributed by atoms with Crippen LogP contribution < -0.4 is 24.8 Å². The molecule has 23 heavy (non-hydrogen) atoms. The number of methoxy groups -OCH3 is 2. The Bertz CT molecular complexity index is 659. The van der Waals surface area contributed by atoms with Gasteiger partial charge in [0.2, 0.25) is 0 Å². The number of hydrogen-bond acceptors (Lipinski definition) is 4. The molecule has 0 spiro atoms. The maximum atomic E-state index is 5.41. The van der Waals surface area contributed by atoms with Crippen molar-refractivity contribution < 1.29 is 14.2 Å². The zero-order chi connectivity index (χ0) is 16.7. The van der Waals surface area contributed by atoms with E-state index in [2.05, 4.69) is 10.6 Å². The van der Waals surface area contributed by atoms with Crippen LogP contribution >= 0.6 is 12.2 Å². The summed E-state index contributed by atoms with van der Waals surface area (Å²) in [5.74, 6) is 2.14. The van der Waals surface area contributed by atoms with E-state index < -0.39 is 0 Å². The third kappa shape index (κ3) is 4.75. The lowest BCUT2D eigenvalue weighted by molar-refractivity contribution is 0.340. The van der Waals surface area contributed by atoms with Gasteiger partial charge in [0.15, 0.2) is 16.6 Å². The lowest BCUT2D eigenvalue weighted by atomic mass is 10.2. The minimum absolute atomic E-state index is 0.487. The van der Waals surface area contributed by atoms with Gasteiger partial charge in [-0.2, -0.15) is 0 Å². The van der Waals surface area contributed by atoms with Gasteiger partial charge >= 0.3 is 0 Å². The van der Waals surface area contributed by atoms with E-state index in [1.54, 1.807) is 14.2 Å². The molecule has 0 saturated carbocycles. The molecule has 0 saturated heterocycles. The zero-order valence-electron chi connectivity index (χ0n) is 13.4. The fourth-order valence-corrected chi connectivity index (χ4v) is 2.24. The normalized spacial score (nSPS) is 9.87. The van der Waals surface area contributed by atoms with Gasteiger partial charge in [0, 0.05) is 17.4 Å². The second kappa shape index (κ2) is 8.24. The fraction of sp³-hybridized carbons (Fsp3) is 0.235. The van der Waals surface area contributed by atoms with Crippen molar-refractivity contribution in [2.24, 2.45) is 0 Å². The number of ether oxygens (including phenoxy) is 3. The largest absolute Gasteiger partial charge is 0.494 e. The van der Waals surface area contributed by atoms with Gasteiger partial charge in [-0.1, -0.05) is 0 Å². The van der Waals surface area contributed by atoms with Gasteiger partial charge in [-0.15, -0.1) is 0 Å². The van der Waals surface area contributed by atoms with Crippen molar-refractivity contribution in [3.05, 3.63) is 42.5 Å². The molecule has 0 aliphatic carbocycles. The minimum Gasteiger partial charge on any atom is -0.494 e. The molecule has 0 radical (unpaired) electrons. The van der Waals surface area contributed by atoms with E-state index >= 15 is 0 Å². The molecule has 2 aromatic rings. The maximum absolute atomic E-state index is 5.41. The molecular formula is C17H20N2O3S. The number of hydrogen-bond donors (Lipinski definition) is 2. The predicted molar refractivity (Wildman–Crippen MR) is 97.0 cm³/mol. The Hall–Kier alpha value is -2.47. The van der Waals surface area contributed by atoms with E-state index in [4.69, 9.17) is 26.4 Å². The lowest BCUT2D eigenvalue weighted by Gasteiger charge is -2.13. The van der Waals surface area contributed by atoms with E-state index in [0.717, 1.165) is 17.1 Å². The summed E-state index contributed by atoms with van der Waals surface area (Å²) in [5, 5.41) is 6.72. The van der Waals surface area contributed by atoms with Crippen molar-refractivity contribution in [3.63, 3.8) is 0 Å². The van der Waals surface area contributed by atoms with Crippen molar-refractivity contribution in [2.75, 3.05) is 31.5 Å². The van der Waals surface area contributed by atoms with E-state index in [1.165, 1.54) is 0 Å². The van der Waals surface area contributed by atoms with Gasteiger partial charge in [0.25, 0.3) is 0 Å². The lowest BCUT2D eigenvalue weighted by Crippen LogP contribution is -2.19. The Kier molecular flexibility index (Phi) is 6.05. The molecule has 0 amide bonds. The molecule has 2 rings (SSSR count). The Morgan fingerprint density at radius 1 is 0.913 bits per heavy atom. The van der Waals surface area contributed by atoms with Crippen LogP contribution in [0.3, 0.4) is 0 Å². The molecular weight excluding hydrogens is 312 g/mol. The summed E-state index contributed by atoms with van der Waals surface area (Å²) in [4.78, 5) is 0. The van der Waals surface area contributed by atoms with Crippen molar-refractivity contribution in [2.45, 2.75) is 6.92 Å². The molecule has 0 aliphatic rings. The van der Waals surface area contributed by atoms with Crippen molar-refractivity contribution in [1.29, 1.82) is 0 Å². The molecule has 0 aromatic heterocycles. The Labute approximate surface area is 141 Å². The molecule has 0 atom stereocenters. The zero-order valence-corrected chi connectivity index (χ0v) is 14.2. The third-order valence-electron chi connectivity index (χ3n) is 3.06. The van der Waals surface area contributed by atoms with Gasteiger partial charge in [-0.05, 0) is 55.5 Å². The molecule has 2 N–H and O–H groups in total. The first-order valence-electron chi connectivity index (χ1n) is 7.19. The third-order valence-corrected chi connectivity index (χ3v) is 3.27. The van der Waals surface area contributed by atoms with E-state index in [1.807, 2.05) is 49.4 Å². The topological polar surface area (TPSA) is 51.8 Å². The van der Waals surface area contributed by atoms with Crippen molar-refractivity contribution >= 4 is 28.7 Å². The molecule has 0 heterocycles. The Morgan fingerprint density at radius 3 is 2.13 bits per heavy atom. The fourth-order valence-electron chi connectivity index (χ4n) is 2.01. The number of nitrogens with one attached hydrogen (secondary N) is 2. The Balaban J connectivity index is 1.99. The second-order valence-electron chi connectivity index (χ2n) is 4.61. The molecule has 5 nitrogen and oxygen atoms in total. The van der Waals surface area contributed by atoms with Gasteiger partial charge < -0.3 is 24.8 Å². The molecule has 6 heteroatoms. The van der Waals surface area contributed by atoms with Crippen molar-refractivity contribution in [1.82, 2.24) is 0 Å². The summed E-state index contributed by atoms with van der Waals surface area (Å²) in [6, 6.07) is 13.1. The highest BCUT2D eigenvalue weighted by atomic mass is 32.1. The molecule has 2 aromatic carbocycles. The van der Waals surface area contributed by atoms with E-state index in [-0.39, 0.29) is 0 Å². The number of rotatable bonds is 6. The van der Waals surface area contributed by atoms with Crippen LogP contribution in [-0.4, -0.2) is 25.9 Å². The first kappa shape index (κ1) is 16.9. The van der Waals surface area contributed by atoms with Crippen LogP contribution in [0.5, 0.6) is 17.2 Å². The number of anilines is 2. The highest BCUT2D eigenvalue weighted by Crippen LogP contribution is 2.29. The minimum atomic E-state index is 0.487. The summed E-state index contributed by atoms with van der Waals surface area (Å²) in [6.07, 6.45) is 0. The monoisotopic (exact) mass is 332 g/mol. The van der Waals surface area contributed by atoms with E-state index in [0.29, 0.717) is 23.2 Å². The van der Waals surface area contributed by atoms with Gasteiger partial charge in [0.05, 0.1) is 20.8 Å². The standard InChI is InChI=1S/C17H20N2O3S/c1-4-22-14-8-5-12(6-9-14)18-17(23)19-13-7-10-15(20-2)16(11-13)21-3/h5-11H,4H2,1-3H3,(H2,18,19,23). The summed E-state index contributed by atoms with van der Waals surface area (Å²) < 4.78 is 15.9. The van der Waals surface area contributed by atoms with Crippen LogP contribution in [0, 0.1) is 0 Å². The molecule has 0 bridgehead atoms. The average Bonchev–Trinajstić information content (AvgIpc) is 2.56. The molecule has 122 valence electrons. The Morgan fingerprint density at radius 2 is 1.52 bits per heavy atom. The molecule has 0 unspecified atom stereocenters. The van der Waals surface area contributed by atoms with Crippen LogP contribution in [0.25, 0.3) is 0 Å². The van der Waals surface area contributed by atoms with Crippen LogP contribution in [0.15, 0.2) is 42.5 Å². The highest BCUT2D eigenvalue weighted by molar-refractivity contribution is 7.80.